The van der Waals surface area contributed by atoms with Crippen LogP contribution in [0.4, 0.5) is 4.79 Å². The van der Waals surface area contributed by atoms with Gasteiger partial charge >= 0.3 is 6.09 Å². The highest BCUT2D eigenvalue weighted by molar-refractivity contribution is 7.08. The molecule has 20 heavy (non-hydrogen) atoms. The van der Waals surface area contributed by atoms with Crippen molar-refractivity contribution < 1.29 is 14.3 Å². The molecule has 0 aromatic carbocycles. The van der Waals surface area contributed by atoms with E-state index in [9.17, 15) is 9.59 Å². The third kappa shape index (κ3) is 3.60. The summed E-state index contributed by atoms with van der Waals surface area (Å²) in [6.07, 6.45) is 2.23. The van der Waals surface area contributed by atoms with Crippen molar-refractivity contribution in [2.45, 2.75) is 51.7 Å². The number of hydrogen-bond acceptors (Lipinski definition) is 4. The number of ketones is 1. The average molecular weight is 295 g/mol. The van der Waals surface area contributed by atoms with Gasteiger partial charge in [-0.25, -0.2) is 4.79 Å². The van der Waals surface area contributed by atoms with E-state index in [1.165, 1.54) is 11.3 Å². The summed E-state index contributed by atoms with van der Waals surface area (Å²) in [5, 5.41) is 3.72. The van der Waals surface area contributed by atoms with Crippen molar-refractivity contribution in [3.63, 3.8) is 0 Å². The predicted molar refractivity (Wildman–Crippen MR) is 79.2 cm³/mol. The monoisotopic (exact) mass is 295 g/mol. The van der Waals surface area contributed by atoms with Gasteiger partial charge in [0.1, 0.15) is 5.60 Å². The molecule has 1 aromatic rings. The summed E-state index contributed by atoms with van der Waals surface area (Å²) in [6.45, 7) is 6.11. The zero-order valence-electron chi connectivity index (χ0n) is 12.2. The van der Waals surface area contributed by atoms with E-state index in [2.05, 4.69) is 0 Å². The van der Waals surface area contributed by atoms with Crippen LogP contribution in [0.2, 0.25) is 0 Å². The van der Waals surface area contributed by atoms with E-state index in [4.69, 9.17) is 4.74 Å². The van der Waals surface area contributed by atoms with Crippen molar-refractivity contribution in [1.29, 1.82) is 0 Å². The quantitative estimate of drug-likeness (QED) is 0.781. The van der Waals surface area contributed by atoms with Gasteiger partial charge in [-0.05, 0) is 51.5 Å². The molecule has 0 aliphatic carbocycles. The van der Waals surface area contributed by atoms with Gasteiger partial charge in [0, 0.05) is 17.5 Å². The molecule has 2 rings (SSSR count). The molecule has 0 N–H and O–H groups in total. The van der Waals surface area contributed by atoms with Crippen LogP contribution >= 0.6 is 11.3 Å². The Bertz CT molecular complexity index is 476. The van der Waals surface area contributed by atoms with E-state index >= 15 is 0 Å². The number of thiophene rings is 1. The predicted octanol–water partition coefficient (Wildman–Crippen LogP) is 3.72. The van der Waals surface area contributed by atoms with Gasteiger partial charge in [-0.15, -0.1) is 0 Å². The Kier molecular flexibility index (Phi) is 4.48. The second-order valence-electron chi connectivity index (χ2n) is 6.06. The van der Waals surface area contributed by atoms with Crippen LogP contribution in [-0.4, -0.2) is 35.0 Å². The number of Topliss-reactive ketones (excluding diaryl/α,β-unsaturated/α-hetero) is 1. The van der Waals surface area contributed by atoms with Gasteiger partial charge < -0.3 is 4.74 Å². The van der Waals surface area contributed by atoms with E-state index in [0.717, 1.165) is 12.8 Å². The largest absolute Gasteiger partial charge is 0.444 e. The molecule has 1 atom stereocenters. The van der Waals surface area contributed by atoms with E-state index < -0.39 is 5.60 Å². The lowest BCUT2D eigenvalue weighted by atomic mass is 9.96. The van der Waals surface area contributed by atoms with Crippen molar-refractivity contribution in [1.82, 2.24) is 4.90 Å². The van der Waals surface area contributed by atoms with Crippen LogP contribution in [0.15, 0.2) is 16.8 Å². The van der Waals surface area contributed by atoms with Gasteiger partial charge in [0.15, 0.2) is 5.78 Å². The van der Waals surface area contributed by atoms with Gasteiger partial charge in [-0.2, -0.15) is 11.3 Å². The van der Waals surface area contributed by atoms with Gasteiger partial charge in [-0.3, -0.25) is 9.69 Å². The average Bonchev–Trinajstić information content (AvgIpc) is 2.89. The first kappa shape index (κ1) is 15.0. The van der Waals surface area contributed by atoms with Crippen molar-refractivity contribution in [3.05, 3.63) is 22.4 Å². The molecule has 110 valence electrons. The molecule has 1 saturated heterocycles. The number of piperidine rings is 1. The molecule has 1 fully saturated rings. The second kappa shape index (κ2) is 5.95. The third-order valence-corrected chi connectivity index (χ3v) is 3.92. The molecular formula is C15H21NO3S. The Morgan fingerprint density at radius 1 is 1.35 bits per heavy atom. The number of carbonyl (C=O) groups excluding carboxylic acids is 2. The summed E-state index contributed by atoms with van der Waals surface area (Å²) >= 11 is 1.50. The molecule has 1 amide bonds. The molecule has 1 unspecified atom stereocenters. The minimum atomic E-state index is -0.537. The normalized spacial score (nSPS) is 19.8. The number of carbonyl (C=O) groups is 2. The topological polar surface area (TPSA) is 46.6 Å². The molecule has 0 saturated carbocycles. The molecule has 4 nitrogen and oxygen atoms in total. The van der Waals surface area contributed by atoms with E-state index in [-0.39, 0.29) is 17.9 Å². The van der Waals surface area contributed by atoms with E-state index in [1.54, 1.807) is 4.90 Å². The van der Waals surface area contributed by atoms with Crippen LogP contribution in [0.3, 0.4) is 0 Å². The molecule has 0 bridgehead atoms. The maximum absolute atomic E-state index is 12.5. The number of amides is 1. The first-order chi connectivity index (χ1) is 9.38. The number of nitrogens with zero attached hydrogens (tertiary/aromatic N) is 1. The molecule has 5 heteroatoms. The lowest BCUT2D eigenvalue weighted by molar-refractivity contribution is 0.0105. The molecule has 1 aliphatic rings. The minimum Gasteiger partial charge on any atom is -0.444 e. The fourth-order valence-corrected chi connectivity index (χ4v) is 2.99. The Hall–Kier alpha value is -1.36. The van der Waals surface area contributed by atoms with Gasteiger partial charge in [0.25, 0.3) is 0 Å². The van der Waals surface area contributed by atoms with Crippen LogP contribution in [0.1, 0.15) is 50.4 Å². The highest BCUT2D eigenvalue weighted by Gasteiger charge is 2.35. The molecule has 0 spiro atoms. The Labute approximate surface area is 123 Å². The fraction of sp³-hybridized carbons (Fsp3) is 0.600. The summed E-state index contributed by atoms with van der Waals surface area (Å²) in [5.41, 5.74) is 0.153. The molecule has 0 radical (unpaired) electrons. The Morgan fingerprint density at radius 3 is 2.70 bits per heavy atom. The lowest BCUT2D eigenvalue weighted by Gasteiger charge is -2.35. The zero-order valence-corrected chi connectivity index (χ0v) is 13.0. The fourth-order valence-electron chi connectivity index (χ4n) is 2.34. The molecular weight excluding hydrogens is 274 g/mol. The first-order valence-electron chi connectivity index (χ1n) is 6.94. The number of rotatable bonds is 2. The maximum atomic E-state index is 12.5. The van der Waals surface area contributed by atoms with Crippen LogP contribution in [0, 0.1) is 0 Å². The number of likely N-dealkylation sites (tertiary alicyclic amines) is 1. The maximum Gasteiger partial charge on any atom is 0.410 e. The zero-order chi connectivity index (χ0) is 14.8. The van der Waals surface area contributed by atoms with Gasteiger partial charge in [-0.1, -0.05) is 0 Å². The highest BCUT2D eigenvalue weighted by atomic mass is 32.1. The minimum absolute atomic E-state index is 0.0248. The van der Waals surface area contributed by atoms with E-state index in [0.29, 0.717) is 18.5 Å². The van der Waals surface area contributed by atoms with Gasteiger partial charge in [0.2, 0.25) is 0 Å². The second-order valence-corrected chi connectivity index (χ2v) is 6.84. The van der Waals surface area contributed by atoms with Crippen molar-refractivity contribution in [2.75, 3.05) is 6.54 Å². The number of hydrogen-bond donors (Lipinski definition) is 0. The van der Waals surface area contributed by atoms with Crippen molar-refractivity contribution in [3.8, 4) is 0 Å². The standard InChI is InChI=1S/C15H21NO3S/c1-15(2,3)19-14(18)16-8-5-4-6-12(16)13(17)11-7-9-20-10-11/h7,9-10,12H,4-6,8H2,1-3H3. The lowest BCUT2D eigenvalue weighted by Crippen LogP contribution is -2.49. The van der Waals surface area contributed by atoms with Crippen molar-refractivity contribution >= 4 is 23.2 Å². The molecule has 1 aliphatic heterocycles. The third-order valence-electron chi connectivity index (χ3n) is 3.24. The summed E-state index contributed by atoms with van der Waals surface area (Å²) < 4.78 is 5.41. The van der Waals surface area contributed by atoms with Crippen LogP contribution in [-0.2, 0) is 4.74 Å². The van der Waals surface area contributed by atoms with Crippen LogP contribution in [0.25, 0.3) is 0 Å². The summed E-state index contributed by atoms with van der Waals surface area (Å²) in [7, 11) is 0. The number of ether oxygens (including phenoxy) is 1. The summed E-state index contributed by atoms with van der Waals surface area (Å²) in [4.78, 5) is 26.3. The first-order valence-corrected chi connectivity index (χ1v) is 7.89. The van der Waals surface area contributed by atoms with Crippen LogP contribution in [0.5, 0.6) is 0 Å². The Balaban J connectivity index is 2.13. The SMILES string of the molecule is CC(C)(C)OC(=O)N1CCCCC1C(=O)c1ccsc1. The van der Waals surface area contributed by atoms with Gasteiger partial charge in [0.05, 0.1) is 6.04 Å². The van der Waals surface area contributed by atoms with Crippen molar-refractivity contribution in [2.24, 2.45) is 0 Å². The molecule has 1 aromatic heterocycles. The molecule has 2 heterocycles. The summed E-state index contributed by atoms with van der Waals surface area (Å²) in [6, 6.07) is 1.43. The van der Waals surface area contributed by atoms with E-state index in [1.807, 2.05) is 37.6 Å². The Morgan fingerprint density at radius 2 is 2.10 bits per heavy atom. The summed E-state index contributed by atoms with van der Waals surface area (Å²) in [5.74, 6) is 0.0248. The highest BCUT2D eigenvalue weighted by Crippen LogP contribution is 2.24. The smallest absolute Gasteiger partial charge is 0.410 e. The van der Waals surface area contributed by atoms with Crippen LogP contribution < -0.4 is 0 Å².